The van der Waals surface area contributed by atoms with Gasteiger partial charge in [-0.2, -0.15) is 0 Å². The van der Waals surface area contributed by atoms with Gasteiger partial charge in [0.1, 0.15) is 0 Å². The number of aliphatic hydroxyl groups is 3. The van der Waals surface area contributed by atoms with Crippen molar-refractivity contribution in [1.29, 1.82) is 0 Å². The first kappa shape index (κ1) is 22.8. The minimum atomic E-state index is -3.09. The fourth-order valence-electron chi connectivity index (χ4n) is 2.89. The first-order valence-electron chi connectivity index (χ1n) is 8.78. The van der Waals surface area contributed by atoms with Crippen LogP contribution < -0.4 is 0 Å². The van der Waals surface area contributed by atoms with Crippen molar-refractivity contribution in [1.82, 2.24) is 0 Å². The lowest BCUT2D eigenvalue weighted by molar-refractivity contribution is -0.343. The van der Waals surface area contributed by atoms with E-state index < -0.39 is 53.0 Å². The smallest absolute Gasteiger partial charge is 0.278 e. The van der Waals surface area contributed by atoms with Crippen molar-refractivity contribution in [3.05, 3.63) is 34.6 Å². The molecule has 1 aromatic carbocycles. The molecule has 3 nitrogen and oxygen atoms in total. The van der Waals surface area contributed by atoms with E-state index in [9.17, 15) is 37.3 Å². The minimum Gasteiger partial charge on any atom is -0.343 e. The summed E-state index contributed by atoms with van der Waals surface area (Å²) in [5.74, 6) is -14.5. The van der Waals surface area contributed by atoms with Crippen molar-refractivity contribution in [2.75, 3.05) is 0 Å². The highest BCUT2D eigenvalue weighted by molar-refractivity contribution is 5.24. The fourth-order valence-corrected chi connectivity index (χ4v) is 2.89. The molecule has 1 aromatic rings. The molecule has 0 aliphatic carbocycles. The van der Waals surface area contributed by atoms with Gasteiger partial charge in [0.15, 0.2) is 23.3 Å². The number of hydrogen-bond acceptors (Lipinski definition) is 3. The van der Waals surface area contributed by atoms with Crippen molar-refractivity contribution < 1.29 is 37.3 Å². The first-order chi connectivity index (χ1) is 12.1. The zero-order valence-corrected chi connectivity index (χ0v) is 14.7. The Labute approximate surface area is 149 Å². The molecule has 0 aliphatic heterocycles. The van der Waals surface area contributed by atoms with Gasteiger partial charge in [-0.25, -0.2) is 22.0 Å². The van der Waals surface area contributed by atoms with E-state index in [0.29, 0.717) is 6.42 Å². The Morgan fingerprint density at radius 2 is 1.15 bits per heavy atom. The second kappa shape index (κ2) is 10.2. The second-order valence-corrected chi connectivity index (χ2v) is 6.53. The summed E-state index contributed by atoms with van der Waals surface area (Å²) in [6, 6.07) is 0. The highest BCUT2D eigenvalue weighted by atomic mass is 19.2. The molecule has 8 heteroatoms. The summed E-state index contributed by atoms with van der Waals surface area (Å²) in [6.45, 7) is 2.06. The van der Waals surface area contributed by atoms with Crippen molar-refractivity contribution in [3.8, 4) is 0 Å². The zero-order chi connectivity index (χ0) is 19.9. The van der Waals surface area contributed by atoms with E-state index in [1.807, 2.05) is 0 Å². The van der Waals surface area contributed by atoms with Crippen LogP contribution in [0.25, 0.3) is 0 Å². The first-order valence-corrected chi connectivity index (χ1v) is 8.78. The lowest BCUT2D eigenvalue weighted by Crippen LogP contribution is -2.37. The van der Waals surface area contributed by atoms with Gasteiger partial charge in [-0.15, -0.1) is 0 Å². The number of unbranched alkanes of at least 4 members (excludes halogenated alkanes) is 5. The van der Waals surface area contributed by atoms with Crippen LogP contribution in [0.1, 0.15) is 63.9 Å². The third-order valence-corrected chi connectivity index (χ3v) is 4.50. The molecule has 1 unspecified atom stereocenters. The van der Waals surface area contributed by atoms with E-state index in [1.54, 1.807) is 0 Å². The van der Waals surface area contributed by atoms with Crippen LogP contribution in [0.15, 0.2) is 0 Å². The van der Waals surface area contributed by atoms with Crippen LogP contribution in [0.5, 0.6) is 0 Å². The average molecular weight is 384 g/mol. The molecule has 0 aliphatic rings. The Kier molecular flexibility index (Phi) is 8.92. The molecule has 26 heavy (non-hydrogen) atoms. The lowest BCUT2D eigenvalue weighted by Gasteiger charge is -2.26. The number of benzene rings is 1. The molecule has 0 fully saturated rings. The van der Waals surface area contributed by atoms with E-state index in [4.69, 9.17) is 0 Å². The summed E-state index contributed by atoms with van der Waals surface area (Å²) in [5, 5.41) is 28.2. The second-order valence-electron chi connectivity index (χ2n) is 6.53. The predicted molar refractivity (Wildman–Crippen MR) is 85.4 cm³/mol. The zero-order valence-electron chi connectivity index (χ0n) is 14.7. The van der Waals surface area contributed by atoms with Crippen LogP contribution in [-0.2, 0) is 6.42 Å². The summed E-state index contributed by atoms with van der Waals surface area (Å²) in [4.78, 5) is 0. The van der Waals surface area contributed by atoms with E-state index in [2.05, 4.69) is 6.92 Å². The Bertz CT molecular complexity index is 558. The van der Waals surface area contributed by atoms with Gasteiger partial charge in [0.25, 0.3) is 5.97 Å². The molecule has 1 atom stereocenters. The quantitative estimate of drug-likeness (QED) is 0.175. The van der Waals surface area contributed by atoms with Crippen LogP contribution in [0.2, 0.25) is 0 Å². The van der Waals surface area contributed by atoms with E-state index in [-0.39, 0.29) is 12.8 Å². The maximum atomic E-state index is 13.7. The number of halogens is 5. The third-order valence-electron chi connectivity index (χ3n) is 4.50. The van der Waals surface area contributed by atoms with Crippen molar-refractivity contribution >= 4 is 0 Å². The Hall–Kier alpha value is -1.25. The Morgan fingerprint density at radius 1 is 0.692 bits per heavy atom. The maximum absolute atomic E-state index is 13.7. The topological polar surface area (TPSA) is 60.7 Å². The van der Waals surface area contributed by atoms with Crippen molar-refractivity contribution in [2.45, 2.75) is 70.7 Å². The van der Waals surface area contributed by atoms with Crippen molar-refractivity contribution in [3.63, 3.8) is 0 Å². The van der Waals surface area contributed by atoms with Gasteiger partial charge in [0, 0.05) is 11.5 Å². The molecule has 0 bridgehead atoms. The van der Waals surface area contributed by atoms with Crippen LogP contribution in [-0.4, -0.2) is 21.3 Å². The molecular weight excluding hydrogens is 359 g/mol. The van der Waals surface area contributed by atoms with Gasteiger partial charge < -0.3 is 15.3 Å². The molecular formula is C18H25F5O3. The molecule has 0 saturated heterocycles. The summed E-state index contributed by atoms with van der Waals surface area (Å²) < 4.78 is 66.8. The lowest BCUT2D eigenvalue weighted by atomic mass is 9.91. The molecule has 150 valence electrons. The van der Waals surface area contributed by atoms with E-state index >= 15 is 0 Å². The SMILES string of the molecule is CCCCCCCCC(CCc1c(F)c(F)c(F)c(F)c1F)C(O)(O)O. The highest BCUT2D eigenvalue weighted by Gasteiger charge is 2.33. The average Bonchev–Trinajstić information content (AvgIpc) is 2.58. The molecule has 0 amide bonds. The molecule has 0 spiro atoms. The highest BCUT2D eigenvalue weighted by Crippen LogP contribution is 2.29. The minimum absolute atomic E-state index is 0.144. The summed E-state index contributed by atoms with van der Waals surface area (Å²) in [5.41, 5.74) is -1.03. The molecule has 0 saturated carbocycles. The standard InChI is InChI=1S/C18H25F5O3/c1-2-3-4-5-6-7-8-11(18(24,25)26)9-10-12-13(19)15(21)17(23)16(22)14(12)20/h11,24-26H,2-10H2,1H3. The summed E-state index contributed by atoms with van der Waals surface area (Å²) in [7, 11) is 0. The van der Waals surface area contributed by atoms with Crippen molar-refractivity contribution in [2.24, 2.45) is 5.92 Å². The predicted octanol–water partition coefficient (Wildman–Crippen LogP) is 4.31. The van der Waals surface area contributed by atoms with Crippen LogP contribution in [0, 0.1) is 35.0 Å². The summed E-state index contributed by atoms with van der Waals surface area (Å²) in [6.07, 6.45) is 4.56. The van der Waals surface area contributed by atoms with Crippen LogP contribution in [0.4, 0.5) is 22.0 Å². The molecule has 3 N–H and O–H groups in total. The molecule has 1 rings (SSSR count). The van der Waals surface area contributed by atoms with Gasteiger partial charge in [-0.05, 0) is 19.3 Å². The normalized spacial score (nSPS) is 13.3. The van der Waals surface area contributed by atoms with Crippen LogP contribution in [0.3, 0.4) is 0 Å². The molecule has 0 heterocycles. The van der Waals surface area contributed by atoms with Gasteiger partial charge in [-0.3, -0.25) is 0 Å². The molecule has 0 aromatic heterocycles. The Balaban J connectivity index is 2.74. The van der Waals surface area contributed by atoms with Gasteiger partial charge in [-0.1, -0.05) is 45.4 Å². The fraction of sp³-hybridized carbons (Fsp3) is 0.667. The number of rotatable bonds is 11. The Morgan fingerprint density at radius 3 is 1.65 bits per heavy atom. The largest absolute Gasteiger partial charge is 0.343 e. The van der Waals surface area contributed by atoms with Crippen LogP contribution >= 0.6 is 0 Å². The van der Waals surface area contributed by atoms with E-state index in [1.165, 1.54) is 0 Å². The monoisotopic (exact) mass is 384 g/mol. The van der Waals surface area contributed by atoms with E-state index in [0.717, 1.165) is 32.1 Å². The summed E-state index contributed by atoms with van der Waals surface area (Å²) >= 11 is 0. The number of hydrogen-bond donors (Lipinski definition) is 3. The van der Waals surface area contributed by atoms with Gasteiger partial charge in [0.2, 0.25) is 5.82 Å². The van der Waals surface area contributed by atoms with Gasteiger partial charge >= 0.3 is 0 Å². The molecule has 0 radical (unpaired) electrons. The maximum Gasteiger partial charge on any atom is 0.278 e. The third kappa shape index (κ3) is 6.17. The van der Waals surface area contributed by atoms with Gasteiger partial charge in [0.05, 0.1) is 0 Å².